The lowest BCUT2D eigenvalue weighted by Gasteiger charge is -2.23. The van der Waals surface area contributed by atoms with Crippen LogP contribution >= 0.6 is 11.8 Å². The zero-order chi connectivity index (χ0) is 20.9. The number of carbonyl (C=O) groups excluding carboxylic acids is 1. The van der Waals surface area contributed by atoms with Crippen molar-refractivity contribution in [2.24, 2.45) is 7.05 Å². The summed E-state index contributed by atoms with van der Waals surface area (Å²) in [5, 5.41) is 11.3. The number of anilines is 1. The molecular weight excluding hydrogens is 384 g/mol. The topological polar surface area (TPSA) is 69.0 Å². The van der Waals surface area contributed by atoms with E-state index in [4.69, 9.17) is 4.74 Å². The summed E-state index contributed by atoms with van der Waals surface area (Å²) in [5.41, 5.74) is 2.18. The Morgan fingerprint density at radius 3 is 2.28 bits per heavy atom. The summed E-state index contributed by atoms with van der Waals surface area (Å²) in [4.78, 5) is 12.1. The molecule has 0 bridgehead atoms. The SMILES string of the molecule is CCC(C)(C)c1ccc(Oc2ccc(NC(=O)CSc3nncn3C)cc2)cc1. The molecule has 0 fully saturated rings. The molecule has 1 N–H and O–H groups in total. The van der Waals surface area contributed by atoms with Crippen LogP contribution < -0.4 is 10.1 Å². The van der Waals surface area contributed by atoms with Gasteiger partial charge in [0.05, 0.1) is 5.75 Å². The number of rotatable bonds is 8. The predicted molar refractivity (Wildman–Crippen MR) is 117 cm³/mol. The maximum absolute atomic E-state index is 12.1. The number of benzene rings is 2. The average molecular weight is 411 g/mol. The van der Waals surface area contributed by atoms with E-state index in [0.29, 0.717) is 5.16 Å². The maximum Gasteiger partial charge on any atom is 0.234 e. The Kier molecular flexibility index (Phi) is 6.59. The van der Waals surface area contributed by atoms with Gasteiger partial charge in [-0.2, -0.15) is 0 Å². The molecular formula is C22H26N4O2S. The number of nitrogens with zero attached hydrogens (tertiary/aromatic N) is 3. The smallest absolute Gasteiger partial charge is 0.234 e. The quantitative estimate of drug-likeness (QED) is 0.528. The first-order valence-corrected chi connectivity index (χ1v) is 10.5. The van der Waals surface area contributed by atoms with Crippen molar-refractivity contribution in [1.82, 2.24) is 14.8 Å². The van der Waals surface area contributed by atoms with E-state index in [9.17, 15) is 4.79 Å². The molecule has 7 heteroatoms. The Morgan fingerprint density at radius 2 is 1.72 bits per heavy atom. The molecule has 0 aliphatic heterocycles. The van der Waals surface area contributed by atoms with Gasteiger partial charge >= 0.3 is 0 Å². The lowest BCUT2D eigenvalue weighted by atomic mass is 9.82. The molecule has 1 aromatic heterocycles. The van der Waals surface area contributed by atoms with Crippen molar-refractivity contribution < 1.29 is 9.53 Å². The number of thioether (sulfide) groups is 1. The summed E-state index contributed by atoms with van der Waals surface area (Å²) in [6, 6.07) is 15.6. The summed E-state index contributed by atoms with van der Waals surface area (Å²) in [6.45, 7) is 6.67. The van der Waals surface area contributed by atoms with Gasteiger partial charge in [0, 0.05) is 12.7 Å². The highest BCUT2D eigenvalue weighted by molar-refractivity contribution is 7.99. The van der Waals surface area contributed by atoms with Gasteiger partial charge in [0.2, 0.25) is 5.91 Å². The van der Waals surface area contributed by atoms with Crippen LogP contribution in [0.5, 0.6) is 11.5 Å². The summed E-state index contributed by atoms with van der Waals surface area (Å²) in [7, 11) is 1.84. The zero-order valence-corrected chi connectivity index (χ0v) is 18.0. The minimum atomic E-state index is -0.0965. The number of hydrogen-bond acceptors (Lipinski definition) is 5. The van der Waals surface area contributed by atoms with Crippen LogP contribution in [0, 0.1) is 0 Å². The minimum Gasteiger partial charge on any atom is -0.457 e. The largest absolute Gasteiger partial charge is 0.457 e. The number of aromatic nitrogens is 3. The molecule has 0 spiro atoms. The minimum absolute atomic E-state index is 0.0965. The lowest BCUT2D eigenvalue weighted by Crippen LogP contribution is -2.14. The molecule has 0 atom stereocenters. The van der Waals surface area contributed by atoms with Gasteiger partial charge in [0.25, 0.3) is 0 Å². The van der Waals surface area contributed by atoms with Crippen LogP contribution in [0.3, 0.4) is 0 Å². The number of ether oxygens (including phenoxy) is 1. The summed E-state index contributed by atoms with van der Waals surface area (Å²) < 4.78 is 7.69. The van der Waals surface area contributed by atoms with Gasteiger partial charge in [-0.05, 0) is 53.8 Å². The van der Waals surface area contributed by atoms with Crippen molar-refractivity contribution in [3.8, 4) is 11.5 Å². The second-order valence-electron chi connectivity index (χ2n) is 7.45. The Morgan fingerprint density at radius 1 is 1.10 bits per heavy atom. The van der Waals surface area contributed by atoms with E-state index in [1.807, 2.05) is 43.4 Å². The first-order chi connectivity index (χ1) is 13.9. The van der Waals surface area contributed by atoms with Gasteiger partial charge in [-0.3, -0.25) is 4.79 Å². The number of carbonyl (C=O) groups is 1. The van der Waals surface area contributed by atoms with Crippen LogP contribution in [0.2, 0.25) is 0 Å². The number of nitrogens with one attached hydrogen (secondary N) is 1. The molecule has 0 unspecified atom stereocenters. The van der Waals surface area contributed by atoms with E-state index >= 15 is 0 Å². The second kappa shape index (κ2) is 9.13. The third-order valence-electron chi connectivity index (χ3n) is 4.90. The van der Waals surface area contributed by atoms with Gasteiger partial charge in [0.15, 0.2) is 5.16 Å². The monoisotopic (exact) mass is 410 g/mol. The summed E-state index contributed by atoms with van der Waals surface area (Å²) >= 11 is 1.34. The van der Waals surface area contributed by atoms with Crippen LogP contribution in [0.4, 0.5) is 5.69 Å². The normalized spacial score (nSPS) is 11.3. The average Bonchev–Trinajstić information content (AvgIpc) is 3.13. The Balaban J connectivity index is 1.53. The molecule has 1 amide bonds. The third kappa shape index (κ3) is 5.60. The molecule has 6 nitrogen and oxygen atoms in total. The number of amides is 1. The highest BCUT2D eigenvalue weighted by Gasteiger charge is 2.17. The van der Waals surface area contributed by atoms with Gasteiger partial charge in [-0.25, -0.2) is 0 Å². The summed E-state index contributed by atoms with van der Waals surface area (Å²) in [5.74, 6) is 1.68. The van der Waals surface area contributed by atoms with Crippen molar-refractivity contribution in [3.05, 3.63) is 60.4 Å². The Labute approximate surface area is 175 Å². The van der Waals surface area contributed by atoms with Crippen LogP contribution in [-0.2, 0) is 17.3 Å². The molecule has 0 aliphatic carbocycles. The summed E-state index contributed by atoms with van der Waals surface area (Å²) in [6.07, 6.45) is 2.69. The van der Waals surface area contributed by atoms with Gasteiger partial charge in [-0.1, -0.05) is 44.7 Å². The van der Waals surface area contributed by atoms with Crippen LogP contribution in [0.1, 0.15) is 32.8 Å². The van der Waals surface area contributed by atoms with E-state index in [-0.39, 0.29) is 17.1 Å². The van der Waals surface area contributed by atoms with E-state index in [1.165, 1.54) is 17.3 Å². The van der Waals surface area contributed by atoms with E-state index < -0.39 is 0 Å². The third-order valence-corrected chi connectivity index (χ3v) is 5.93. The molecule has 3 aromatic rings. The highest BCUT2D eigenvalue weighted by atomic mass is 32.2. The predicted octanol–water partition coefficient (Wildman–Crippen LogP) is 5.03. The van der Waals surface area contributed by atoms with Crippen LogP contribution in [-0.4, -0.2) is 26.4 Å². The molecule has 2 aromatic carbocycles. The molecule has 29 heavy (non-hydrogen) atoms. The van der Waals surface area contributed by atoms with Gasteiger partial charge in [-0.15, -0.1) is 10.2 Å². The van der Waals surface area contributed by atoms with E-state index in [0.717, 1.165) is 23.6 Å². The fraction of sp³-hybridized carbons (Fsp3) is 0.318. The molecule has 3 rings (SSSR count). The molecule has 0 saturated heterocycles. The highest BCUT2D eigenvalue weighted by Crippen LogP contribution is 2.30. The molecule has 0 saturated carbocycles. The number of aryl methyl sites for hydroxylation is 1. The van der Waals surface area contributed by atoms with Crippen LogP contribution in [0.25, 0.3) is 0 Å². The zero-order valence-electron chi connectivity index (χ0n) is 17.2. The van der Waals surface area contributed by atoms with Crippen molar-refractivity contribution in [3.63, 3.8) is 0 Å². The lowest BCUT2D eigenvalue weighted by molar-refractivity contribution is -0.113. The van der Waals surface area contributed by atoms with Crippen LogP contribution in [0.15, 0.2) is 60.0 Å². The van der Waals surface area contributed by atoms with E-state index in [1.54, 1.807) is 10.9 Å². The second-order valence-corrected chi connectivity index (χ2v) is 8.39. The Hall–Kier alpha value is -2.80. The molecule has 0 radical (unpaired) electrons. The number of hydrogen-bond donors (Lipinski definition) is 1. The van der Waals surface area contributed by atoms with Crippen molar-refractivity contribution in [1.29, 1.82) is 0 Å². The fourth-order valence-corrected chi connectivity index (χ4v) is 3.34. The van der Waals surface area contributed by atoms with Gasteiger partial charge < -0.3 is 14.6 Å². The Bertz CT molecular complexity index is 950. The molecule has 152 valence electrons. The standard InChI is InChI=1S/C22H26N4O2S/c1-5-22(2,3)16-6-10-18(11-7-16)28-19-12-8-17(9-13-19)24-20(27)14-29-21-25-23-15-26(21)4/h6-13,15H,5,14H2,1-4H3,(H,24,27). The van der Waals surface area contributed by atoms with Crippen molar-refractivity contribution in [2.75, 3.05) is 11.1 Å². The fourth-order valence-electron chi connectivity index (χ4n) is 2.65. The van der Waals surface area contributed by atoms with Crippen molar-refractivity contribution in [2.45, 2.75) is 37.8 Å². The molecule has 0 aliphatic rings. The first kappa shape index (κ1) is 20.9. The van der Waals surface area contributed by atoms with Crippen molar-refractivity contribution >= 4 is 23.4 Å². The van der Waals surface area contributed by atoms with Gasteiger partial charge in [0.1, 0.15) is 17.8 Å². The van der Waals surface area contributed by atoms with E-state index in [2.05, 4.69) is 48.4 Å². The molecule has 1 heterocycles. The first-order valence-electron chi connectivity index (χ1n) is 9.52. The maximum atomic E-state index is 12.1.